The van der Waals surface area contributed by atoms with Gasteiger partial charge in [0.25, 0.3) is 0 Å². The highest BCUT2D eigenvalue weighted by Crippen LogP contribution is 2.34. The summed E-state index contributed by atoms with van der Waals surface area (Å²) in [7, 11) is 0. The molecule has 0 bridgehead atoms. The van der Waals surface area contributed by atoms with Gasteiger partial charge in [-0.25, -0.2) is 24.1 Å². The van der Waals surface area contributed by atoms with Crippen molar-refractivity contribution in [1.82, 2.24) is 29.9 Å². The molecular weight excluding hydrogens is 475 g/mol. The molecule has 1 atom stereocenters. The molecule has 11 heteroatoms. The van der Waals surface area contributed by atoms with Gasteiger partial charge in [0, 0.05) is 35.9 Å². The zero-order chi connectivity index (χ0) is 25.8. The quantitative estimate of drug-likeness (QED) is 0.273. The van der Waals surface area contributed by atoms with Crippen LogP contribution < -0.4 is 10.6 Å². The molecular formula is C26H23FN8O2. The highest BCUT2D eigenvalue weighted by molar-refractivity contribution is 5.97. The molecule has 0 saturated carbocycles. The van der Waals surface area contributed by atoms with Crippen LogP contribution in [-0.2, 0) is 4.74 Å². The Morgan fingerprint density at radius 3 is 2.59 bits per heavy atom. The fraction of sp³-hybridized carbons (Fsp3) is 0.154. The van der Waals surface area contributed by atoms with Crippen LogP contribution in [0.1, 0.15) is 25.6 Å². The second-order valence-corrected chi connectivity index (χ2v) is 8.10. The zero-order valence-electron chi connectivity index (χ0n) is 20.1. The third-order valence-corrected chi connectivity index (χ3v) is 5.56. The Hall–Kier alpha value is -4.93. The van der Waals surface area contributed by atoms with Gasteiger partial charge in [-0.2, -0.15) is 0 Å². The molecule has 5 aromatic rings. The lowest BCUT2D eigenvalue weighted by atomic mass is 10.0. The van der Waals surface area contributed by atoms with Crippen molar-refractivity contribution in [2.75, 3.05) is 17.2 Å². The number of halogens is 1. The Kier molecular flexibility index (Phi) is 6.66. The third-order valence-electron chi connectivity index (χ3n) is 5.56. The number of pyridine rings is 2. The van der Waals surface area contributed by atoms with Crippen LogP contribution in [0.3, 0.4) is 0 Å². The van der Waals surface area contributed by atoms with E-state index >= 15 is 0 Å². The zero-order valence-corrected chi connectivity index (χ0v) is 20.1. The monoisotopic (exact) mass is 498 g/mol. The molecule has 37 heavy (non-hydrogen) atoms. The summed E-state index contributed by atoms with van der Waals surface area (Å²) < 4.78 is 19.7. The number of imidazole rings is 1. The topological polar surface area (TPSA) is 131 Å². The van der Waals surface area contributed by atoms with Gasteiger partial charge in [-0.1, -0.05) is 6.07 Å². The maximum absolute atomic E-state index is 14.7. The minimum Gasteiger partial charge on any atom is -0.450 e. The van der Waals surface area contributed by atoms with E-state index in [1.165, 1.54) is 18.3 Å². The van der Waals surface area contributed by atoms with Crippen molar-refractivity contribution in [2.24, 2.45) is 0 Å². The van der Waals surface area contributed by atoms with E-state index in [9.17, 15) is 9.18 Å². The van der Waals surface area contributed by atoms with Gasteiger partial charge >= 0.3 is 6.09 Å². The summed E-state index contributed by atoms with van der Waals surface area (Å²) in [5.41, 5.74) is 3.88. The first kappa shape index (κ1) is 23.8. The van der Waals surface area contributed by atoms with Crippen molar-refractivity contribution in [3.05, 3.63) is 78.8 Å². The number of rotatable bonds is 7. The summed E-state index contributed by atoms with van der Waals surface area (Å²) in [6.07, 6.45) is 5.94. The van der Waals surface area contributed by atoms with E-state index in [2.05, 4.69) is 40.5 Å². The number of aromatic nitrogens is 6. The number of carbonyl (C=O) groups excluding carboxylic acids is 1. The van der Waals surface area contributed by atoms with Crippen LogP contribution in [0.4, 0.5) is 21.1 Å². The standard InChI is InChI=1S/C26H23FN8O2/c1-3-37-26(36)35-25-33-21-12-16(11-18(23(21)34-25)22-19(27)7-6-10-29-22)17-13-30-24(31-14-17)32-15(2)20-8-4-5-9-28-20/h4-15H,3H2,1-2H3,(H,30,31,32)(H2,33,34,35,36). The molecule has 0 spiro atoms. The third kappa shape index (κ3) is 5.20. The van der Waals surface area contributed by atoms with Crippen LogP contribution in [0.25, 0.3) is 33.4 Å². The molecule has 1 aromatic carbocycles. The lowest BCUT2D eigenvalue weighted by molar-refractivity contribution is 0.167. The van der Waals surface area contributed by atoms with Gasteiger partial charge in [0.15, 0.2) is 0 Å². The summed E-state index contributed by atoms with van der Waals surface area (Å²) in [5, 5.41) is 5.77. The van der Waals surface area contributed by atoms with Crippen molar-refractivity contribution in [3.63, 3.8) is 0 Å². The lowest BCUT2D eigenvalue weighted by Crippen LogP contribution is -2.14. The molecule has 3 N–H and O–H groups in total. The average Bonchev–Trinajstić information content (AvgIpc) is 3.32. The predicted octanol–water partition coefficient (Wildman–Crippen LogP) is 5.36. The number of amides is 1. The molecule has 0 aliphatic rings. The molecule has 0 saturated heterocycles. The Labute approximate surface area is 211 Å². The fourth-order valence-corrected chi connectivity index (χ4v) is 3.82. The molecule has 0 radical (unpaired) electrons. The predicted molar refractivity (Wildman–Crippen MR) is 137 cm³/mol. The normalized spacial score (nSPS) is 11.8. The van der Waals surface area contributed by atoms with E-state index < -0.39 is 11.9 Å². The Morgan fingerprint density at radius 1 is 1.05 bits per heavy atom. The minimum atomic E-state index is -0.649. The molecule has 10 nitrogen and oxygen atoms in total. The second-order valence-electron chi connectivity index (χ2n) is 8.10. The van der Waals surface area contributed by atoms with E-state index in [1.807, 2.05) is 25.1 Å². The highest BCUT2D eigenvalue weighted by atomic mass is 19.1. The molecule has 1 amide bonds. The van der Waals surface area contributed by atoms with Gasteiger partial charge in [-0.3, -0.25) is 15.3 Å². The number of H-pyrrole nitrogens is 1. The highest BCUT2D eigenvalue weighted by Gasteiger charge is 2.17. The van der Waals surface area contributed by atoms with Crippen molar-refractivity contribution in [2.45, 2.75) is 19.9 Å². The van der Waals surface area contributed by atoms with Gasteiger partial charge in [0.1, 0.15) is 11.5 Å². The number of nitrogens with one attached hydrogen (secondary N) is 3. The van der Waals surface area contributed by atoms with Gasteiger partial charge < -0.3 is 15.0 Å². The van der Waals surface area contributed by atoms with Gasteiger partial charge in [-0.15, -0.1) is 0 Å². The summed E-state index contributed by atoms with van der Waals surface area (Å²) in [6.45, 7) is 3.89. The Morgan fingerprint density at radius 2 is 1.86 bits per heavy atom. The molecule has 0 aliphatic heterocycles. The first-order valence-electron chi connectivity index (χ1n) is 11.6. The van der Waals surface area contributed by atoms with E-state index in [1.54, 1.807) is 37.6 Å². The minimum absolute atomic E-state index is 0.0866. The number of aromatic amines is 1. The number of ether oxygens (including phenoxy) is 1. The van der Waals surface area contributed by atoms with Gasteiger partial charge in [-0.05, 0) is 55.8 Å². The Bertz CT molecular complexity index is 1540. The molecule has 5 rings (SSSR count). The molecule has 4 aromatic heterocycles. The summed E-state index contributed by atoms with van der Waals surface area (Å²) in [5.74, 6) is 0.122. The van der Waals surface area contributed by atoms with Crippen LogP contribution in [-0.4, -0.2) is 42.6 Å². The summed E-state index contributed by atoms with van der Waals surface area (Å²) in [6, 6.07) is 12.1. The van der Waals surface area contributed by atoms with E-state index in [4.69, 9.17) is 4.74 Å². The summed E-state index contributed by atoms with van der Waals surface area (Å²) in [4.78, 5) is 36.8. The van der Waals surface area contributed by atoms with Crippen LogP contribution in [0.15, 0.2) is 67.3 Å². The number of nitrogens with zero attached hydrogens (tertiary/aromatic N) is 5. The number of hydrogen-bond acceptors (Lipinski definition) is 8. The first-order valence-corrected chi connectivity index (χ1v) is 11.6. The average molecular weight is 499 g/mol. The lowest BCUT2D eigenvalue weighted by Gasteiger charge is -2.13. The van der Waals surface area contributed by atoms with Crippen LogP contribution >= 0.6 is 0 Å². The van der Waals surface area contributed by atoms with Gasteiger partial charge in [0.2, 0.25) is 11.9 Å². The molecule has 0 aliphatic carbocycles. The van der Waals surface area contributed by atoms with Crippen molar-refractivity contribution >= 4 is 29.0 Å². The van der Waals surface area contributed by atoms with Crippen LogP contribution in [0, 0.1) is 5.82 Å². The van der Waals surface area contributed by atoms with Crippen molar-refractivity contribution in [1.29, 1.82) is 0 Å². The fourth-order valence-electron chi connectivity index (χ4n) is 3.82. The maximum atomic E-state index is 14.7. The van der Waals surface area contributed by atoms with Crippen molar-refractivity contribution < 1.29 is 13.9 Å². The molecule has 186 valence electrons. The largest absolute Gasteiger partial charge is 0.450 e. The SMILES string of the molecule is CCOC(=O)Nc1nc2cc(-c3cnc(NC(C)c4ccccn4)nc3)cc(-c3ncccc3F)c2[nH]1. The van der Waals surface area contributed by atoms with Crippen LogP contribution in [0.5, 0.6) is 0 Å². The molecule has 0 fully saturated rings. The van der Waals surface area contributed by atoms with E-state index in [0.717, 1.165) is 5.69 Å². The number of fused-ring (bicyclic) bond motifs is 1. The molecule has 1 unspecified atom stereocenters. The van der Waals surface area contributed by atoms with Gasteiger partial charge in [0.05, 0.1) is 29.4 Å². The smallest absolute Gasteiger partial charge is 0.413 e. The number of anilines is 2. The summed E-state index contributed by atoms with van der Waals surface area (Å²) >= 11 is 0. The number of benzene rings is 1. The van der Waals surface area contributed by atoms with E-state index in [0.29, 0.717) is 33.7 Å². The molecule has 4 heterocycles. The number of hydrogen-bond donors (Lipinski definition) is 3. The second kappa shape index (κ2) is 10.4. The number of carbonyl (C=O) groups is 1. The first-order chi connectivity index (χ1) is 18.0. The van der Waals surface area contributed by atoms with Crippen molar-refractivity contribution in [3.8, 4) is 22.4 Å². The Balaban J connectivity index is 1.50. The van der Waals surface area contributed by atoms with Crippen LogP contribution in [0.2, 0.25) is 0 Å². The van der Waals surface area contributed by atoms with E-state index in [-0.39, 0.29) is 24.3 Å². The maximum Gasteiger partial charge on any atom is 0.413 e.